The summed E-state index contributed by atoms with van der Waals surface area (Å²) in [4.78, 5) is 11.8. The highest BCUT2D eigenvalue weighted by molar-refractivity contribution is 7.15. The maximum absolute atomic E-state index is 11.8. The van der Waals surface area contributed by atoms with Crippen LogP contribution < -0.4 is 11.1 Å². The summed E-state index contributed by atoms with van der Waals surface area (Å²) in [5, 5.41) is 12.1. The Kier molecular flexibility index (Phi) is 4.21. The molecular formula is C11H20N4OS. The number of nitrogens with one attached hydrogen (secondary N) is 1. The predicted molar refractivity (Wildman–Crippen MR) is 70.1 cm³/mol. The molecule has 96 valence electrons. The van der Waals surface area contributed by atoms with Crippen molar-refractivity contribution in [2.45, 2.75) is 46.6 Å². The summed E-state index contributed by atoms with van der Waals surface area (Å²) in [5.74, 6) is 0.0957. The lowest BCUT2D eigenvalue weighted by Gasteiger charge is -2.25. The molecule has 1 heterocycles. The highest BCUT2D eigenvalue weighted by atomic mass is 32.1. The summed E-state index contributed by atoms with van der Waals surface area (Å²) in [6.45, 7) is 9.85. The maximum Gasteiger partial charge on any atom is 0.243 e. The molecular weight excluding hydrogens is 236 g/mol. The van der Waals surface area contributed by atoms with Crippen molar-refractivity contribution in [2.24, 2.45) is 11.1 Å². The predicted octanol–water partition coefficient (Wildman–Crippen LogP) is 1.97. The molecule has 0 unspecified atom stereocenters. The number of carbonyl (C=O) groups is 1. The van der Waals surface area contributed by atoms with Crippen molar-refractivity contribution < 1.29 is 4.79 Å². The minimum absolute atomic E-state index is 0.219. The summed E-state index contributed by atoms with van der Waals surface area (Å²) in [6.07, 6.45) is 0. The minimum atomic E-state index is -0.561. The van der Waals surface area contributed by atoms with E-state index in [9.17, 15) is 4.79 Å². The molecule has 0 aliphatic rings. The van der Waals surface area contributed by atoms with Crippen LogP contribution in [-0.2, 0) is 4.79 Å². The second kappa shape index (κ2) is 5.10. The van der Waals surface area contributed by atoms with Gasteiger partial charge in [-0.25, -0.2) is 0 Å². The smallest absolute Gasteiger partial charge is 0.243 e. The first kappa shape index (κ1) is 14.1. The average molecular weight is 256 g/mol. The highest BCUT2D eigenvalue weighted by Crippen LogP contribution is 2.24. The van der Waals surface area contributed by atoms with Crippen molar-refractivity contribution in [2.75, 3.05) is 5.32 Å². The number of nitrogens with zero attached hydrogens (tertiary/aromatic N) is 2. The van der Waals surface area contributed by atoms with E-state index in [1.807, 2.05) is 34.6 Å². The summed E-state index contributed by atoms with van der Waals surface area (Å²) < 4.78 is 0. The van der Waals surface area contributed by atoms with Crippen LogP contribution in [0.3, 0.4) is 0 Å². The summed E-state index contributed by atoms with van der Waals surface area (Å²) in [7, 11) is 0. The molecule has 0 aliphatic heterocycles. The van der Waals surface area contributed by atoms with Crippen molar-refractivity contribution in [3.05, 3.63) is 5.01 Å². The first-order chi connectivity index (χ1) is 7.71. The van der Waals surface area contributed by atoms with E-state index in [4.69, 9.17) is 5.73 Å². The second-order valence-electron chi connectivity index (χ2n) is 5.43. The highest BCUT2D eigenvalue weighted by Gasteiger charge is 2.28. The van der Waals surface area contributed by atoms with Crippen molar-refractivity contribution in [3.63, 3.8) is 0 Å². The zero-order valence-electron chi connectivity index (χ0n) is 10.9. The summed E-state index contributed by atoms with van der Waals surface area (Å²) in [5.41, 5.74) is 5.58. The molecule has 0 aliphatic carbocycles. The van der Waals surface area contributed by atoms with Crippen LogP contribution in [0.1, 0.15) is 45.5 Å². The Morgan fingerprint density at radius 1 is 1.35 bits per heavy atom. The van der Waals surface area contributed by atoms with Gasteiger partial charge >= 0.3 is 0 Å². The topological polar surface area (TPSA) is 80.9 Å². The van der Waals surface area contributed by atoms with E-state index in [1.54, 1.807) is 0 Å². The second-order valence-corrected chi connectivity index (χ2v) is 6.44. The molecule has 5 nitrogen and oxygen atoms in total. The van der Waals surface area contributed by atoms with Crippen LogP contribution in [0, 0.1) is 5.41 Å². The fourth-order valence-corrected chi connectivity index (χ4v) is 1.84. The van der Waals surface area contributed by atoms with Crippen LogP contribution in [0.25, 0.3) is 0 Å². The standard InChI is InChI=1S/C11H20N4OS/c1-6(2)9-14-15-10(17-9)13-8(16)7(12)11(3,4)5/h6-7H,12H2,1-5H3,(H,13,15,16)/t7-/m1/s1. The van der Waals surface area contributed by atoms with E-state index >= 15 is 0 Å². The van der Waals surface area contributed by atoms with Gasteiger partial charge in [0.25, 0.3) is 0 Å². The molecule has 6 heteroatoms. The monoisotopic (exact) mass is 256 g/mol. The molecule has 0 fully saturated rings. The van der Waals surface area contributed by atoms with Crippen LogP contribution >= 0.6 is 11.3 Å². The van der Waals surface area contributed by atoms with Crippen molar-refractivity contribution in [3.8, 4) is 0 Å². The van der Waals surface area contributed by atoms with Gasteiger partial charge in [0.05, 0.1) is 6.04 Å². The summed E-state index contributed by atoms with van der Waals surface area (Å²) in [6, 6.07) is -0.561. The lowest BCUT2D eigenvalue weighted by molar-refractivity contribution is -0.119. The first-order valence-corrected chi connectivity index (χ1v) is 6.43. The number of amides is 1. The van der Waals surface area contributed by atoms with Gasteiger partial charge in [-0.15, -0.1) is 10.2 Å². The number of nitrogens with two attached hydrogens (primary N) is 1. The zero-order chi connectivity index (χ0) is 13.2. The van der Waals surface area contributed by atoms with E-state index in [-0.39, 0.29) is 11.3 Å². The van der Waals surface area contributed by atoms with Crippen LogP contribution in [0.5, 0.6) is 0 Å². The van der Waals surface area contributed by atoms with Crippen molar-refractivity contribution in [1.82, 2.24) is 10.2 Å². The number of rotatable bonds is 3. The van der Waals surface area contributed by atoms with E-state index in [0.717, 1.165) is 5.01 Å². The third-order valence-electron chi connectivity index (χ3n) is 2.38. The molecule has 1 aromatic rings. The Bertz CT molecular complexity index is 394. The number of aromatic nitrogens is 2. The zero-order valence-corrected chi connectivity index (χ0v) is 11.8. The number of hydrogen-bond donors (Lipinski definition) is 2. The van der Waals surface area contributed by atoms with Crippen molar-refractivity contribution in [1.29, 1.82) is 0 Å². The number of carbonyl (C=O) groups excluding carboxylic acids is 1. The lowest BCUT2D eigenvalue weighted by atomic mass is 9.87. The van der Waals surface area contributed by atoms with Gasteiger partial charge in [-0.3, -0.25) is 10.1 Å². The van der Waals surface area contributed by atoms with E-state index < -0.39 is 6.04 Å². The molecule has 1 amide bonds. The molecule has 0 radical (unpaired) electrons. The molecule has 0 spiro atoms. The molecule has 0 saturated heterocycles. The van der Waals surface area contributed by atoms with E-state index in [1.165, 1.54) is 11.3 Å². The molecule has 0 saturated carbocycles. The van der Waals surface area contributed by atoms with Gasteiger partial charge in [0.1, 0.15) is 5.01 Å². The largest absolute Gasteiger partial charge is 0.319 e. The van der Waals surface area contributed by atoms with Crippen molar-refractivity contribution >= 4 is 22.4 Å². The molecule has 17 heavy (non-hydrogen) atoms. The van der Waals surface area contributed by atoms with Gasteiger partial charge in [-0.1, -0.05) is 46.0 Å². The Labute approximate surface area is 106 Å². The molecule has 1 rings (SSSR count). The quantitative estimate of drug-likeness (QED) is 0.866. The third-order valence-corrected chi connectivity index (χ3v) is 3.52. The molecule has 1 aromatic heterocycles. The van der Waals surface area contributed by atoms with Gasteiger partial charge in [-0.2, -0.15) is 0 Å². The molecule has 1 atom stereocenters. The van der Waals surface area contributed by atoms with Crippen LogP contribution in [0.2, 0.25) is 0 Å². The molecule has 0 bridgehead atoms. The Morgan fingerprint density at radius 2 is 1.94 bits per heavy atom. The van der Waals surface area contributed by atoms with Crippen LogP contribution in [0.15, 0.2) is 0 Å². The van der Waals surface area contributed by atoms with E-state index in [2.05, 4.69) is 15.5 Å². The van der Waals surface area contributed by atoms with Gasteiger partial charge in [-0.05, 0) is 5.41 Å². The average Bonchev–Trinajstić information content (AvgIpc) is 2.63. The minimum Gasteiger partial charge on any atom is -0.319 e. The summed E-state index contributed by atoms with van der Waals surface area (Å²) >= 11 is 1.39. The number of hydrogen-bond acceptors (Lipinski definition) is 5. The van der Waals surface area contributed by atoms with Gasteiger partial charge in [0, 0.05) is 5.92 Å². The molecule has 0 aromatic carbocycles. The van der Waals surface area contributed by atoms with E-state index in [0.29, 0.717) is 11.0 Å². The fourth-order valence-electron chi connectivity index (χ4n) is 1.09. The first-order valence-electron chi connectivity index (χ1n) is 5.61. The normalized spacial score (nSPS) is 13.8. The van der Waals surface area contributed by atoms with Gasteiger partial charge < -0.3 is 5.73 Å². The Hall–Kier alpha value is -1.01. The lowest BCUT2D eigenvalue weighted by Crippen LogP contribution is -2.45. The maximum atomic E-state index is 11.8. The SMILES string of the molecule is CC(C)c1nnc(NC(=O)[C@@H](N)C(C)(C)C)s1. The number of anilines is 1. The Balaban J connectivity index is 2.68. The molecule has 3 N–H and O–H groups in total. The third kappa shape index (κ3) is 3.74. The van der Waals surface area contributed by atoms with Crippen LogP contribution in [-0.4, -0.2) is 22.1 Å². The van der Waals surface area contributed by atoms with Gasteiger partial charge in [0.15, 0.2) is 0 Å². The Morgan fingerprint density at radius 3 is 2.35 bits per heavy atom. The van der Waals surface area contributed by atoms with Gasteiger partial charge in [0.2, 0.25) is 11.0 Å². The fraction of sp³-hybridized carbons (Fsp3) is 0.727. The van der Waals surface area contributed by atoms with Crippen LogP contribution in [0.4, 0.5) is 5.13 Å².